The Bertz CT molecular complexity index is 644. The summed E-state index contributed by atoms with van der Waals surface area (Å²) in [6.45, 7) is 3.97. The first-order chi connectivity index (χ1) is 8.99. The van der Waals surface area contributed by atoms with Crippen molar-refractivity contribution in [2.45, 2.75) is 13.8 Å². The van der Waals surface area contributed by atoms with Gasteiger partial charge in [0.25, 0.3) is 0 Å². The van der Waals surface area contributed by atoms with Crippen LogP contribution in [0, 0.1) is 13.8 Å². The first-order valence-corrected chi connectivity index (χ1v) is 6.21. The van der Waals surface area contributed by atoms with E-state index in [0.29, 0.717) is 10.7 Å². The van der Waals surface area contributed by atoms with Gasteiger partial charge in [-0.05, 0) is 49.2 Å². The third kappa shape index (κ3) is 3.76. The predicted octanol–water partition coefficient (Wildman–Crippen LogP) is 0.0679. The molecule has 0 amide bonds. The van der Waals surface area contributed by atoms with E-state index < -0.39 is 5.97 Å². The van der Waals surface area contributed by atoms with E-state index in [1.165, 1.54) is 12.1 Å². The molecular formula is C15H13ClNNaO2. The van der Waals surface area contributed by atoms with Gasteiger partial charge in [0.05, 0.1) is 5.97 Å². The molecule has 20 heavy (non-hydrogen) atoms. The number of carboxylic acid groups (broad SMARTS) is 1. The number of anilines is 2. The summed E-state index contributed by atoms with van der Waals surface area (Å²) in [6, 6.07) is 10.3. The van der Waals surface area contributed by atoms with Crippen molar-refractivity contribution in [2.24, 2.45) is 0 Å². The maximum Gasteiger partial charge on any atom is 1.00 e. The summed E-state index contributed by atoms with van der Waals surface area (Å²) in [5, 5.41) is 14.6. The van der Waals surface area contributed by atoms with Crippen molar-refractivity contribution in [3.8, 4) is 0 Å². The SMILES string of the molecule is Cc1cccc(Nc2cc(Cl)ccc2C(=O)[O-])c1C.[Na+]. The van der Waals surface area contributed by atoms with Gasteiger partial charge in [0, 0.05) is 22.0 Å². The van der Waals surface area contributed by atoms with Crippen LogP contribution >= 0.6 is 11.6 Å². The molecule has 0 saturated heterocycles. The van der Waals surface area contributed by atoms with Gasteiger partial charge in [0.15, 0.2) is 0 Å². The topological polar surface area (TPSA) is 52.2 Å². The molecule has 0 aromatic heterocycles. The van der Waals surface area contributed by atoms with Gasteiger partial charge in [0.1, 0.15) is 0 Å². The van der Waals surface area contributed by atoms with Crippen molar-refractivity contribution < 1.29 is 39.5 Å². The first kappa shape index (κ1) is 17.1. The summed E-state index contributed by atoms with van der Waals surface area (Å²) < 4.78 is 0. The second-order valence-electron chi connectivity index (χ2n) is 4.35. The fourth-order valence-electron chi connectivity index (χ4n) is 1.83. The molecular weight excluding hydrogens is 285 g/mol. The molecule has 1 N–H and O–H groups in total. The molecule has 0 atom stereocenters. The van der Waals surface area contributed by atoms with E-state index in [4.69, 9.17) is 11.6 Å². The largest absolute Gasteiger partial charge is 1.00 e. The molecule has 2 rings (SSSR count). The Kier molecular flexibility index (Phi) is 6.08. The van der Waals surface area contributed by atoms with Crippen LogP contribution in [0.25, 0.3) is 0 Å². The van der Waals surface area contributed by atoms with Crippen molar-refractivity contribution in [2.75, 3.05) is 5.32 Å². The molecule has 0 bridgehead atoms. The average Bonchev–Trinajstić information content (AvgIpc) is 2.35. The van der Waals surface area contributed by atoms with Gasteiger partial charge in [-0.2, -0.15) is 0 Å². The van der Waals surface area contributed by atoms with Gasteiger partial charge < -0.3 is 15.2 Å². The molecule has 0 saturated carbocycles. The Morgan fingerprint density at radius 2 is 1.85 bits per heavy atom. The molecule has 0 radical (unpaired) electrons. The van der Waals surface area contributed by atoms with Crippen LogP contribution in [0.3, 0.4) is 0 Å². The predicted molar refractivity (Wildman–Crippen MR) is 75.0 cm³/mol. The average molecular weight is 298 g/mol. The first-order valence-electron chi connectivity index (χ1n) is 5.83. The number of nitrogens with one attached hydrogen (secondary N) is 1. The molecule has 0 aliphatic heterocycles. The Morgan fingerprint density at radius 3 is 2.50 bits per heavy atom. The summed E-state index contributed by atoms with van der Waals surface area (Å²) in [5.74, 6) is -1.23. The molecule has 0 spiro atoms. The number of halogens is 1. The number of aromatic carboxylic acids is 1. The van der Waals surface area contributed by atoms with Crippen molar-refractivity contribution >= 4 is 28.9 Å². The number of aryl methyl sites for hydroxylation is 1. The normalized spacial score (nSPS) is 9.75. The number of rotatable bonds is 3. The fraction of sp³-hybridized carbons (Fsp3) is 0.133. The maximum atomic E-state index is 11.1. The van der Waals surface area contributed by atoms with Gasteiger partial charge in [-0.3, -0.25) is 0 Å². The molecule has 5 heteroatoms. The molecule has 0 unspecified atom stereocenters. The third-order valence-electron chi connectivity index (χ3n) is 3.08. The van der Waals surface area contributed by atoms with Gasteiger partial charge in [-0.15, -0.1) is 0 Å². The summed E-state index contributed by atoms with van der Waals surface area (Å²) in [6.07, 6.45) is 0. The molecule has 98 valence electrons. The zero-order valence-corrected chi connectivity index (χ0v) is 14.4. The van der Waals surface area contributed by atoms with Gasteiger partial charge in [0.2, 0.25) is 0 Å². The molecule has 0 aliphatic rings. The molecule has 2 aromatic carbocycles. The Hall–Kier alpha value is -1.000. The minimum atomic E-state index is -1.23. The van der Waals surface area contributed by atoms with Crippen LogP contribution in [0.1, 0.15) is 21.5 Å². The summed E-state index contributed by atoms with van der Waals surface area (Å²) in [7, 11) is 0. The standard InChI is InChI=1S/C15H14ClNO2.Na/c1-9-4-3-5-13(10(9)2)17-14-8-11(16)6-7-12(14)15(18)19;/h3-8,17H,1-2H3,(H,18,19);/q;+1/p-1. The number of hydrogen-bond acceptors (Lipinski definition) is 3. The summed E-state index contributed by atoms with van der Waals surface area (Å²) >= 11 is 5.91. The second kappa shape index (κ2) is 7.14. The van der Waals surface area contributed by atoms with Crippen LogP contribution in [0.4, 0.5) is 11.4 Å². The van der Waals surface area contributed by atoms with E-state index in [2.05, 4.69) is 5.32 Å². The minimum absolute atomic E-state index is 0. The van der Waals surface area contributed by atoms with Crippen LogP contribution < -0.4 is 40.0 Å². The van der Waals surface area contributed by atoms with E-state index in [9.17, 15) is 9.90 Å². The van der Waals surface area contributed by atoms with Crippen molar-refractivity contribution in [1.29, 1.82) is 0 Å². The monoisotopic (exact) mass is 297 g/mol. The zero-order chi connectivity index (χ0) is 14.0. The van der Waals surface area contributed by atoms with Crippen molar-refractivity contribution in [3.63, 3.8) is 0 Å². The van der Waals surface area contributed by atoms with Gasteiger partial charge >= 0.3 is 29.6 Å². The number of carboxylic acids is 1. The van der Waals surface area contributed by atoms with Crippen LogP contribution in [-0.4, -0.2) is 5.97 Å². The van der Waals surface area contributed by atoms with Crippen molar-refractivity contribution in [1.82, 2.24) is 0 Å². The number of carbonyl (C=O) groups is 1. The molecule has 3 nitrogen and oxygen atoms in total. The van der Waals surface area contributed by atoms with Crippen LogP contribution in [-0.2, 0) is 0 Å². The van der Waals surface area contributed by atoms with Gasteiger partial charge in [-0.1, -0.05) is 23.7 Å². The summed E-state index contributed by atoms with van der Waals surface area (Å²) in [4.78, 5) is 11.1. The molecule has 0 fully saturated rings. The van der Waals surface area contributed by atoms with Crippen molar-refractivity contribution in [3.05, 3.63) is 58.1 Å². The van der Waals surface area contributed by atoms with Gasteiger partial charge in [-0.25, -0.2) is 0 Å². The van der Waals surface area contributed by atoms with Crippen LogP contribution in [0.5, 0.6) is 0 Å². The van der Waals surface area contributed by atoms with E-state index in [-0.39, 0.29) is 35.1 Å². The Labute approximate surface area is 145 Å². The summed E-state index contributed by atoms with van der Waals surface area (Å²) in [5.41, 5.74) is 3.56. The minimum Gasteiger partial charge on any atom is -0.545 e. The number of carbonyl (C=O) groups excluding carboxylic acids is 1. The number of benzene rings is 2. The molecule has 0 aliphatic carbocycles. The third-order valence-corrected chi connectivity index (χ3v) is 3.31. The Balaban J connectivity index is 0.00000200. The van der Waals surface area contributed by atoms with Crippen LogP contribution in [0.15, 0.2) is 36.4 Å². The van der Waals surface area contributed by atoms with E-state index in [0.717, 1.165) is 16.8 Å². The van der Waals surface area contributed by atoms with Crippen LogP contribution in [0.2, 0.25) is 5.02 Å². The Morgan fingerprint density at radius 1 is 1.15 bits per heavy atom. The van der Waals surface area contributed by atoms with E-state index in [1.54, 1.807) is 6.07 Å². The van der Waals surface area contributed by atoms with E-state index >= 15 is 0 Å². The van der Waals surface area contributed by atoms with E-state index in [1.807, 2.05) is 32.0 Å². The molecule has 0 heterocycles. The second-order valence-corrected chi connectivity index (χ2v) is 4.79. The number of hydrogen-bond donors (Lipinski definition) is 1. The molecule has 2 aromatic rings. The quantitative estimate of drug-likeness (QED) is 0.816. The fourth-order valence-corrected chi connectivity index (χ4v) is 2.00. The zero-order valence-electron chi connectivity index (χ0n) is 11.7. The smallest absolute Gasteiger partial charge is 0.545 e. The maximum absolute atomic E-state index is 11.1.